The summed E-state index contributed by atoms with van der Waals surface area (Å²) in [7, 11) is -3.50. The lowest BCUT2D eigenvalue weighted by molar-refractivity contribution is 0.0353. The van der Waals surface area contributed by atoms with Crippen LogP contribution in [0, 0.1) is 11.8 Å². The molecule has 2 heterocycles. The highest BCUT2D eigenvalue weighted by molar-refractivity contribution is 7.89. The topological polar surface area (TPSA) is 86.3 Å². The van der Waals surface area contributed by atoms with Gasteiger partial charge < -0.3 is 5.11 Å². The molecule has 2 N–H and O–H groups in total. The summed E-state index contributed by atoms with van der Waals surface area (Å²) in [6.45, 7) is 0.860. The molecule has 28 heavy (non-hydrogen) atoms. The Hall–Kier alpha value is -1.93. The van der Waals surface area contributed by atoms with Gasteiger partial charge in [0.2, 0.25) is 10.0 Å². The molecule has 1 saturated carbocycles. The molecule has 3 aromatic rings. The van der Waals surface area contributed by atoms with E-state index in [0.717, 1.165) is 16.5 Å². The van der Waals surface area contributed by atoms with Crippen LogP contribution in [0.3, 0.4) is 0 Å². The third-order valence-electron chi connectivity index (χ3n) is 6.15. The summed E-state index contributed by atoms with van der Waals surface area (Å²) in [5, 5.41) is 19.8. The zero-order valence-corrected chi connectivity index (χ0v) is 16.6. The first kappa shape index (κ1) is 18.1. The first-order valence-electron chi connectivity index (χ1n) is 9.27. The van der Waals surface area contributed by atoms with E-state index >= 15 is 0 Å². The molecule has 146 valence electrons. The number of nitrogens with one attached hydrogen (secondary N) is 1. The average molecular weight is 418 g/mol. The number of halogens is 1. The Morgan fingerprint density at radius 3 is 2.50 bits per heavy atom. The van der Waals surface area contributed by atoms with Crippen LogP contribution >= 0.6 is 11.6 Å². The summed E-state index contributed by atoms with van der Waals surface area (Å²) in [6.07, 6.45) is 2.73. The van der Waals surface area contributed by atoms with Crippen LogP contribution in [0.25, 0.3) is 10.9 Å². The molecule has 1 saturated heterocycles. The molecule has 1 aromatic heterocycles. The Kier molecular flexibility index (Phi) is 4.07. The van der Waals surface area contributed by atoms with E-state index in [0.29, 0.717) is 35.8 Å². The average Bonchev–Trinajstić information content (AvgIpc) is 3.35. The highest BCUT2D eigenvalue weighted by atomic mass is 35.5. The van der Waals surface area contributed by atoms with E-state index in [4.69, 9.17) is 11.6 Å². The van der Waals surface area contributed by atoms with Gasteiger partial charge in [0.1, 0.15) is 0 Å². The van der Waals surface area contributed by atoms with Gasteiger partial charge in [0, 0.05) is 23.5 Å². The van der Waals surface area contributed by atoms with Crippen molar-refractivity contribution in [1.29, 1.82) is 0 Å². The van der Waals surface area contributed by atoms with E-state index < -0.39 is 15.6 Å². The molecular formula is C20H20ClN3O3S. The van der Waals surface area contributed by atoms with Gasteiger partial charge >= 0.3 is 0 Å². The number of aromatic amines is 1. The number of nitrogens with zero attached hydrogens (tertiary/aromatic N) is 2. The zero-order valence-electron chi connectivity index (χ0n) is 15.0. The van der Waals surface area contributed by atoms with Crippen molar-refractivity contribution in [1.82, 2.24) is 14.5 Å². The number of benzene rings is 2. The number of hydrogen-bond donors (Lipinski definition) is 2. The van der Waals surface area contributed by atoms with Gasteiger partial charge in [-0.05, 0) is 54.5 Å². The summed E-state index contributed by atoms with van der Waals surface area (Å²) < 4.78 is 27.4. The lowest BCUT2D eigenvalue weighted by Crippen LogP contribution is -2.32. The summed E-state index contributed by atoms with van der Waals surface area (Å²) in [6, 6.07) is 12.1. The molecule has 1 aliphatic heterocycles. The van der Waals surface area contributed by atoms with Gasteiger partial charge in [0.25, 0.3) is 0 Å². The van der Waals surface area contributed by atoms with Crippen LogP contribution in [0.4, 0.5) is 0 Å². The third kappa shape index (κ3) is 2.76. The van der Waals surface area contributed by atoms with Gasteiger partial charge in [0.05, 0.1) is 22.2 Å². The number of hydrogen-bond acceptors (Lipinski definition) is 4. The molecule has 0 spiro atoms. The van der Waals surface area contributed by atoms with Gasteiger partial charge in [-0.15, -0.1) is 0 Å². The maximum absolute atomic E-state index is 12.9. The Morgan fingerprint density at radius 2 is 1.82 bits per heavy atom. The van der Waals surface area contributed by atoms with Gasteiger partial charge in [-0.1, -0.05) is 29.8 Å². The maximum atomic E-state index is 12.9. The van der Waals surface area contributed by atoms with Crippen molar-refractivity contribution in [3.05, 3.63) is 59.2 Å². The Bertz CT molecular complexity index is 1130. The molecule has 3 atom stereocenters. The predicted octanol–water partition coefficient (Wildman–Crippen LogP) is 3.13. The fraction of sp³-hybridized carbons (Fsp3) is 0.350. The molecule has 5 rings (SSSR count). The van der Waals surface area contributed by atoms with Crippen LogP contribution < -0.4 is 0 Å². The minimum Gasteiger partial charge on any atom is -0.385 e. The fourth-order valence-electron chi connectivity index (χ4n) is 4.87. The monoisotopic (exact) mass is 417 g/mol. The van der Waals surface area contributed by atoms with E-state index in [1.165, 1.54) is 0 Å². The first-order valence-corrected chi connectivity index (χ1v) is 11.1. The Morgan fingerprint density at radius 1 is 1.14 bits per heavy atom. The summed E-state index contributed by atoms with van der Waals surface area (Å²) in [5.74, 6) is 0.230. The minimum atomic E-state index is -3.50. The smallest absolute Gasteiger partial charge is 0.243 e. The van der Waals surface area contributed by atoms with Crippen molar-refractivity contribution in [2.45, 2.75) is 23.3 Å². The quantitative estimate of drug-likeness (QED) is 0.685. The molecule has 0 radical (unpaired) electrons. The number of fused-ring (bicyclic) bond motifs is 2. The first-order chi connectivity index (χ1) is 13.4. The zero-order chi connectivity index (χ0) is 19.5. The molecule has 6 nitrogen and oxygen atoms in total. The molecule has 2 fully saturated rings. The van der Waals surface area contributed by atoms with Crippen molar-refractivity contribution in [3.63, 3.8) is 0 Å². The Balaban J connectivity index is 1.42. The second-order valence-corrected chi connectivity index (χ2v) is 10.3. The molecule has 2 unspecified atom stereocenters. The van der Waals surface area contributed by atoms with Gasteiger partial charge in [-0.25, -0.2) is 8.42 Å². The second kappa shape index (κ2) is 6.29. The summed E-state index contributed by atoms with van der Waals surface area (Å²) >= 11 is 6.25. The van der Waals surface area contributed by atoms with Crippen LogP contribution in [-0.2, 0) is 15.6 Å². The lowest BCUT2D eigenvalue weighted by atomic mass is 9.88. The Labute approximate surface area is 168 Å². The molecular weight excluding hydrogens is 398 g/mol. The van der Waals surface area contributed by atoms with E-state index in [1.807, 2.05) is 0 Å². The predicted molar refractivity (Wildman–Crippen MR) is 106 cm³/mol. The van der Waals surface area contributed by atoms with Crippen molar-refractivity contribution in [2.75, 3.05) is 13.1 Å². The van der Waals surface area contributed by atoms with Crippen LogP contribution in [0.2, 0.25) is 5.02 Å². The number of aromatic nitrogens is 2. The molecule has 1 aliphatic carbocycles. The van der Waals surface area contributed by atoms with Crippen molar-refractivity contribution in [3.8, 4) is 0 Å². The molecule has 0 amide bonds. The number of sulfonamides is 1. The van der Waals surface area contributed by atoms with Crippen molar-refractivity contribution in [2.24, 2.45) is 11.8 Å². The van der Waals surface area contributed by atoms with Crippen LogP contribution in [-0.4, -0.2) is 41.1 Å². The van der Waals surface area contributed by atoms with E-state index in [9.17, 15) is 13.5 Å². The largest absolute Gasteiger partial charge is 0.385 e. The van der Waals surface area contributed by atoms with Gasteiger partial charge in [0.15, 0.2) is 0 Å². The minimum absolute atomic E-state index is 0.115. The molecule has 2 aromatic carbocycles. The molecule has 0 bridgehead atoms. The van der Waals surface area contributed by atoms with Crippen LogP contribution in [0.15, 0.2) is 53.6 Å². The number of H-pyrrole nitrogens is 1. The number of rotatable bonds is 3. The fourth-order valence-corrected chi connectivity index (χ4v) is 6.66. The summed E-state index contributed by atoms with van der Waals surface area (Å²) in [4.78, 5) is 0.320. The van der Waals surface area contributed by atoms with Gasteiger partial charge in [-0.2, -0.15) is 9.40 Å². The standard InChI is InChI=1S/C20H20ClN3O3S/c21-15-6-18(17-10-22-23-19(17)7-15)20(25)8-13-11-24(12-14(13)9-20)28(26,27)16-4-2-1-3-5-16/h1-7,10,13-14,25H,8-9,11-12H2,(H,22,23)/t13-,14?,20?/m1/s1. The summed E-state index contributed by atoms with van der Waals surface area (Å²) in [5.41, 5.74) is 0.544. The normalized spacial score (nSPS) is 28.1. The van der Waals surface area contributed by atoms with E-state index in [1.54, 1.807) is 53.0 Å². The van der Waals surface area contributed by atoms with Crippen LogP contribution in [0.1, 0.15) is 18.4 Å². The maximum Gasteiger partial charge on any atom is 0.243 e. The second-order valence-electron chi connectivity index (χ2n) is 7.88. The van der Waals surface area contributed by atoms with E-state index in [-0.39, 0.29) is 11.8 Å². The lowest BCUT2D eigenvalue weighted by Gasteiger charge is -2.27. The molecule has 2 aliphatic rings. The molecule has 8 heteroatoms. The van der Waals surface area contributed by atoms with Crippen molar-refractivity contribution >= 4 is 32.5 Å². The van der Waals surface area contributed by atoms with Crippen molar-refractivity contribution < 1.29 is 13.5 Å². The highest BCUT2D eigenvalue weighted by Gasteiger charge is 2.51. The van der Waals surface area contributed by atoms with Gasteiger partial charge in [-0.3, -0.25) is 5.10 Å². The number of aliphatic hydroxyl groups is 1. The SMILES string of the molecule is O=S(=O)(c1ccccc1)N1CC2CC(O)(c3cc(Cl)cc4[nH]ncc34)C[C@@H]2C1. The third-order valence-corrected chi connectivity index (χ3v) is 8.21. The van der Waals surface area contributed by atoms with Crippen LogP contribution in [0.5, 0.6) is 0 Å². The van der Waals surface area contributed by atoms with E-state index in [2.05, 4.69) is 10.2 Å². The highest BCUT2D eigenvalue weighted by Crippen LogP contribution is 2.51.